The molecule has 2 atom stereocenters. The number of ether oxygens (including phenoxy) is 1. The fourth-order valence-electron chi connectivity index (χ4n) is 2.61. The quantitative estimate of drug-likeness (QED) is 0.776. The summed E-state index contributed by atoms with van der Waals surface area (Å²) < 4.78 is 10.2. The molecule has 5 heteroatoms. The molecule has 0 radical (unpaired) electrons. The smallest absolute Gasteiger partial charge is 0.337 e. The predicted octanol–water partition coefficient (Wildman–Crippen LogP) is 4.54. The maximum atomic E-state index is 11.5. The van der Waals surface area contributed by atoms with E-state index in [1.54, 1.807) is 12.1 Å². The van der Waals surface area contributed by atoms with Gasteiger partial charge in [-0.3, -0.25) is 0 Å². The first-order valence-electron chi connectivity index (χ1n) is 7.29. The van der Waals surface area contributed by atoms with Crippen LogP contribution in [0, 0.1) is 5.92 Å². The highest BCUT2D eigenvalue weighted by Crippen LogP contribution is 2.34. The highest BCUT2D eigenvalue weighted by molar-refractivity contribution is 6.31. The Morgan fingerprint density at radius 3 is 2.70 bits per heavy atom. The fraction of sp³-hybridized carbons (Fsp3) is 0.222. The Morgan fingerprint density at radius 1 is 1.30 bits per heavy atom. The molecule has 1 aliphatic carbocycles. The van der Waals surface area contributed by atoms with Gasteiger partial charge in [0.05, 0.1) is 12.7 Å². The van der Waals surface area contributed by atoms with Crippen molar-refractivity contribution in [3.05, 3.63) is 64.9 Å². The Kier molecular flexibility index (Phi) is 4.35. The number of allylic oxidation sites excluding steroid dienone is 4. The SMILES string of the molecule is COC(=O)c1ccc(-c2cc(C3C=CC(Cl)=CC3C)on2)cc1. The van der Waals surface area contributed by atoms with E-state index in [2.05, 4.69) is 16.8 Å². The minimum atomic E-state index is -0.359. The van der Waals surface area contributed by atoms with Crippen molar-refractivity contribution in [1.29, 1.82) is 0 Å². The van der Waals surface area contributed by atoms with E-state index >= 15 is 0 Å². The van der Waals surface area contributed by atoms with Crippen molar-refractivity contribution >= 4 is 17.6 Å². The Labute approximate surface area is 139 Å². The average Bonchev–Trinajstić information content (AvgIpc) is 3.04. The summed E-state index contributed by atoms with van der Waals surface area (Å²) in [5, 5.41) is 4.87. The van der Waals surface area contributed by atoms with Gasteiger partial charge in [0.15, 0.2) is 0 Å². The van der Waals surface area contributed by atoms with E-state index in [0.29, 0.717) is 5.56 Å². The van der Waals surface area contributed by atoms with Crippen LogP contribution in [0.4, 0.5) is 0 Å². The van der Waals surface area contributed by atoms with Crippen LogP contribution in [0.1, 0.15) is 29.0 Å². The van der Waals surface area contributed by atoms with Crippen molar-refractivity contribution in [3.63, 3.8) is 0 Å². The summed E-state index contributed by atoms with van der Waals surface area (Å²) >= 11 is 6.01. The molecule has 0 N–H and O–H groups in total. The van der Waals surface area contributed by atoms with Crippen LogP contribution in [0.3, 0.4) is 0 Å². The molecule has 3 rings (SSSR count). The normalized spacial score (nSPS) is 20.2. The molecule has 0 aliphatic heterocycles. The number of halogens is 1. The van der Waals surface area contributed by atoms with E-state index in [1.165, 1.54) is 7.11 Å². The van der Waals surface area contributed by atoms with Crippen molar-refractivity contribution in [3.8, 4) is 11.3 Å². The monoisotopic (exact) mass is 329 g/mol. The standard InChI is InChI=1S/C18H16ClNO3/c1-11-9-14(19)7-8-15(11)17-10-16(20-23-17)12-3-5-13(6-4-12)18(21)22-2/h3-11,15H,1-2H3. The lowest BCUT2D eigenvalue weighted by molar-refractivity contribution is 0.0601. The molecule has 1 aromatic carbocycles. The zero-order valence-electron chi connectivity index (χ0n) is 12.8. The molecular formula is C18H16ClNO3. The van der Waals surface area contributed by atoms with Gasteiger partial charge in [0.2, 0.25) is 0 Å². The van der Waals surface area contributed by atoms with Crippen LogP contribution < -0.4 is 0 Å². The maximum absolute atomic E-state index is 11.5. The Balaban J connectivity index is 1.82. The van der Waals surface area contributed by atoms with Gasteiger partial charge < -0.3 is 9.26 Å². The van der Waals surface area contributed by atoms with Crippen LogP contribution in [-0.2, 0) is 4.74 Å². The predicted molar refractivity (Wildman–Crippen MR) is 88.3 cm³/mol. The first-order chi connectivity index (χ1) is 11.1. The van der Waals surface area contributed by atoms with E-state index in [4.69, 9.17) is 16.1 Å². The van der Waals surface area contributed by atoms with Crippen molar-refractivity contribution < 1.29 is 14.1 Å². The maximum Gasteiger partial charge on any atom is 0.337 e. The number of esters is 1. The molecular weight excluding hydrogens is 314 g/mol. The molecule has 0 saturated heterocycles. The third-order valence-electron chi connectivity index (χ3n) is 3.91. The summed E-state index contributed by atoms with van der Waals surface area (Å²) in [6.45, 7) is 2.09. The molecule has 4 nitrogen and oxygen atoms in total. The number of hydrogen-bond donors (Lipinski definition) is 0. The van der Waals surface area contributed by atoms with Crippen molar-refractivity contribution in [2.45, 2.75) is 12.8 Å². The topological polar surface area (TPSA) is 52.3 Å². The third kappa shape index (κ3) is 3.22. The van der Waals surface area contributed by atoms with E-state index in [0.717, 1.165) is 22.0 Å². The summed E-state index contributed by atoms with van der Waals surface area (Å²) in [5.74, 6) is 0.798. The molecule has 0 amide bonds. The Bertz CT molecular complexity index is 774. The number of nitrogens with zero attached hydrogens (tertiary/aromatic N) is 1. The van der Waals surface area contributed by atoms with Crippen molar-refractivity contribution in [2.24, 2.45) is 5.92 Å². The lowest BCUT2D eigenvalue weighted by Gasteiger charge is -2.18. The molecule has 1 aliphatic rings. The van der Waals surface area contributed by atoms with Gasteiger partial charge in [0.25, 0.3) is 0 Å². The van der Waals surface area contributed by atoms with Gasteiger partial charge in [-0.05, 0) is 24.1 Å². The molecule has 0 saturated carbocycles. The summed E-state index contributed by atoms with van der Waals surface area (Å²) in [5.41, 5.74) is 2.12. The van der Waals surface area contributed by atoms with Crippen LogP contribution in [0.25, 0.3) is 11.3 Å². The van der Waals surface area contributed by atoms with Gasteiger partial charge in [0, 0.05) is 22.6 Å². The second-order valence-corrected chi connectivity index (χ2v) is 5.92. The van der Waals surface area contributed by atoms with Gasteiger partial charge in [0.1, 0.15) is 11.5 Å². The second kappa shape index (κ2) is 6.42. The van der Waals surface area contributed by atoms with Crippen LogP contribution >= 0.6 is 11.6 Å². The van der Waals surface area contributed by atoms with Crippen molar-refractivity contribution in [2.75, 3.05) is 7.11 Å². The number of rotatable bonds is 3. The number of aromatic nitrogens is 1. The number of carbonyl (C=O) groups excluding carboxylic acids is 1. The number of hydrogen-bond acceptors (Lipinski definition) is 4. The largest absolute Gasteiger partial charge is 0.465 e. The Morgan fingerprint density at radius 2 is 2.04 bits per heavy atom. The van der Waals surface area contributed by atoms with Gasteiger partial charge in [-0.15, -0.1) is 0 Å². The zero-order valence-corrected chi connectivity index (χ0v) is 13.6. The van der Waals surface area contributed by atoms with E-state index in [-0.39, 0.29) is 17.8 Å². The number of methoxy groups -OCH3 is 1. The highest BCUT2D eigenvalue weighted by Gasteiger charge is 2.23. The molecule has 0 spiro atoms. The minimum absolute atomic E-state index is 0.119. The Hall–Kier alpha value is -2.33. The van der Waals surface area contributed by atoms with E-state index < -0.39 is 0 Å². The van der Waals surface area contributed by atoms with Crippen LogP contribution in [0.5, 0.6) is 0 Å². The first kappa shape index (κ1) is 15.6. The first-order valence-corrected chi connectivity index (χ1v) is 7.67. The van der Waals surface area contributed by atoms with Gasteiger partial charge in [-0.2, -0.15) is 0 Å². The van der Waals surface area contributed by atoms with E-state index in [1.807, 2.05) is 36.4 Å². The van der Waals surface area contributed by atoms with Gasteiger partial charge >= 0.3 is 5.97 Å². The minimum Gasteiger partial charge on any atom is -0.465 e. The lowest BCUT2D eigenvalue weighted by Crippen LogP contribution is -2.07. The van der Waals surface area contributed by atoms with Crippen LogP contribution in [0.2, 0.25) is 0 Å². The van der Waals surface area contributed by atoms with Gasteiger partial charge in [-0.1, -0.05) is 48.0 Å². The van der Waals surface area contributed by atoms with Crippen molar-refractivity contribution in [1.82, 2.24) is 5.16 Å². The lowest BCUT2D eigenvalue weighted by atomic mass is 9.88. The molecule has 0 bridgehead atoms. The average molecular weight is 330 g/mol. The van der Waals surface area contributed by atoms with Gasteiger partial charge in [-0.25, -0.2) is 4.79 Å². The molecule has 2 unspecified atom stereocenters. The number of benzene rings is 1. The summed E-state index contributed by atoms with van der Waals surface area (Å²) in [6, 6.07) is 8.99. The molecule has 0 fully saturated rings. The van der Waals surface area contributed by atoms with Crippen LogP contribution in [-0.4, -0.2) is 18.2 Å². The summed E-state index contributed by atoms with van der Waals surface area (Å²) in [7, 11) is 1.36. The zero-order chi connectivity index (χ0) is 16.4. The van der Waals surface area contributed by atoms with E-state index in [9.17, 15) is 4.79 Å². The molecule has 2 aromatic rings. The third-order valence-corrected chi connectivity index (χ3v) is 4.16. The summed E-state index contributed by atoms with van der Waals surface area (Å²) in [6.07, 6.45) is 5.90. The summed E-state index contributed by atoms with van der Waals surface area (Å²) in [4.78, 5) is 11.5. The molecule has 1 aromatic heterocycles. The number of carbonyl (C=O) groups is 1. The molecule has 23 heavy (non-hydrogen) atoms. The molecule has 1 heterocycles. The fourth-order valence-corrected chi connectivity index (χ4v) is 2.88. The van der Waals surface area contributed by atoms with Crippen LogP contribution in [0.15, 0.2) is 58.1 Å². The molecule has 118 valence electrons. The highest BCUT2D eigenvalue weighted by atomic mass is 35.5. The second-order valence-electron chi connectivity index (χ2n) is 5.48.